The summed E-state index contributed by atoms with van der Waals surface area (Å²) in [6, 6.07) is 9.92. The Morgan fingerprint density at radius 2 is 2.00 bits per heavy atom. The van der Waals surface area contributed by atoms with Crippen molar-refractivity contribution in [1.29, 1.82) is 0 Å². The molecule has 0 spiro atoms. The van der Waals surface area contributed by atoms with E-state index in [0.29, 0.717) is 0 Å². The van der Waals surface area contributed by atoms with Gasteiger partial charge in [0.05, 0.1) is 6.04 Å². The highest BCUT2D eigenvalue weighted by atomic mass is 32.2. The van der Waals surface area contributed by atoms with E-state index in [0.717, 1.165) is 25.0 Å². The standard InChI is InChI=1S/C16H26N2OS/c1-16(2,11-9-13-7-5-4-6-8-13)18-15(19)14(17)10-12-20-3/h4-8,14H,9-12,17H2,1-3H3,(H,18,19)/t14-/m1/s1. The minimum atomic E-state index is -0.404. The van der Waals surface area contributed by atoms with E-state index in [1.807, 2.05) is 24.5 Å². The third-order valence-electron chi connectivity index (χ3n) is 3.31. The lowest BCUT2D eigenvalue weighted by Gasteiger charge is -2.28. The maximum absolute atomic E-state index is 12.0. The van der Waals surface area contributed by atoms with Crippen molar-refractivity contribution in [3.8, 4) is 0 Å². The van der Waals surface area contributed by atoms with Crippen molar-refractivity contribution in [2.24, 2.45) is 5.73 Å². The van der Waals surface area contributed by atoms with Gasteiger partial charge < -0.3 is 11.1 Å². The zero-order chi connectivity index (χ0) is 15.0. The molecule has 0 saturated heterocycles. The molecule has 1 rings (SSSR count). The fraction of sp³-hybridized carbons (Fsp3) is 0.562. The van der Waals surface area contributed by atoms with Crippen molar-refractivity contribution in [1.82, 2.24) is 5.32 Å². The van der Waals surface area contributed by atoms with Gasteiger partial charge in [-0.2, -0.15) is 11.8 Å². The number of carbonyl (C=O) groups excluding carboxylic acids is 1. The van der Waals surface area contributed by atoms with E-state index in [4.69, 9.17) is 5.73 Å². The molecule has 0 aromatic heterocycles. The number of amides is 1. The second-order valence-electron chi connectivity index (χ2n) is 5.75. The molecule has 0 heterocycles. The first-order valence-electron chi connectivity index (χ1n) is 7.05. The maximum Gasteiger partial charge on any atom is 0.237 e. The number of rotatable bonds is 8. The highest BCUT2D eigenvalue weighted by molar-refractivity contribution is 7.98. The van der Waals surface area contributed by atoms with Crippen molar-refractivity contribution in [3.63, 3.8) is 0 Å². The molecular formula is C16H26N2OS. The van der Waals surface area contributed by atoms with E-state index in [9.17, 15) is 4.79 Å². The Balaban J connectivity index is 2.42. The molecule has 20 heavy (non-hydrogen) atoms. The van der Waals surface area contributed by atoms with Gasteiger partial charge in [0.1, 0.15) is 0 Å². The monoisotopic (exact) mass is 294 g/mol. The Labute approximate surface area is 126 Å². The zero-order valence-electron chi connectivity index (χ0n) is 12.7. The first kappa shape index (κ1) is 17.1. The molecule has 112 valence electrons. The molecule has 0 aliphatic rings. The Hall–Kier alpha value is -1.00. The Bertz CT molecular complexity index is 406. The van der Waals surface area contributed by atoms with Crippen LogP contribution in [0, 0.1) is 0 Å². The van der Waals surface area contributed by atoms with E-state index in [1.54, 1.807) is 11.8 Å². The molecule has 0 fully saturated rings. The number of nitrogens with one attached hydrogen (secondary N) is 1. The fourth-order valence-corrected chi connectivity index (χ4v) is 2.46. The van der Waals surface area contributed by atoms with Crippen molar-refractivity contribution in [2.75, 3.05) is 12.0 Å². The topological polar surface area (TPSA) is 55.1 Å². The molecule has 0 unspecified atom stereocenters. The molecule has 1 aromatic carbocycles. The largest absolute Gasteiger partial charge is 0.350 e. The predicted molar refractivity (Wildman–Crippen MR) is 88.0 cm³/mol. The Morgan fingerprint density at radius 3 is 2.60 bits per heavy atom. The van der Waals surface area contributed by atoms with E-state index in [-0.39, 0.29) is 11.4 Å². The highest BCUT2D eigenvalue weighted by Crippen LogP contribution is 2.14. The summed E-state index contributed by atoms with van der Waals surface area (Å²) in [6.07, 6.45) is 4.60. The van der Waals surface area contributed by atoms with Crippen LogP contribution < -0.4 is 11.1 Å². The number of hydrogen-bond donors (Lipinski definition) is 2. The van der Waals surface area contributed by atoms with Gasteiger partial charge in [0.2, 0.25) is 5.91 Å². The van der Waals surface area contributed by atoms with Crippen LogP contribution in [0.2, 0.25) is 0 Å². The van der Waals surface area contributed by atoms with Gasteiger partial charge in [-0.25, -0.2) is 0 Å². The molecule has 3 nitrogen and oxygen atoms in total. The van der Waals surface area contributed by atoms with Crippen LogP contribution in [-0.4, -0.2) is 29.5 Å². The summed E-state index contributed by atoms with van der Waals surface area (Å²) < 4.78 is 0. The number of carbonyl (C=O) groups is 1. The van der Waals surface area contributed by atoms with Crippen LogP contribution in [0.3, 0.4) is 0 Å². The molecule has 0 bridgehead atoms. The minimum Gasteiger partial charge on any atom is -0.350 e. The average Bonchev–Trinajstić information content (AvgIpc) is 2.43. The molecule has 4 heteroatoms. The number of benzene rings is 1. The van der Waals surface area contributed by atoms with Crippen LogP contribution in [0.5, 0.6) is 0 Å². The summed E-state index contributed by atoms with van der Waals surface area (Å²) in [5.41, 5.74) is 6.95. The van der Waals surface area contributed by atoms with Gasteiger partial charge in [-0.15, -0.1) is 0 Å². The van der Waals surface area contributed by atoms with Crippen molar-refractivity contribution in [2.45, 2.75) is 44.7 Å². The zero-order valence-corrected chi connectivity index (χ0v) is 13.5. The SMILES string of the molecule is CSCC[C@@H](N)C(=O)NC(C)(C)CCc1ccccc1. The normalized spacial score (nSPS) is 13.0. The summed E-state index contributed by atoms with van der Waals surface area (Å²) in [5.74, 6) is 0.871. The van der Waals surface area contributed by atoms with E-state index >= 15 is 0 Å². The second kappa shape index (κ2) is 8.32. The number of aryl methyl sites for hydroxylation is 1. The van der Waals surface area contributed by atoms with Gasteiger partial charge in [0.15, 0.2) is 0 Å². The Kier molecular flexibility index (Phi) is 7.10. The van der Waals surface area contributed by atoms with Gasteiger partial charge in [0, 0.05) is 5.54 Å². The lowest BCUT2D eigenvalue weighted by molar-refractivity contribution is -0.124. The molecule has 1 atom stereocenters. The van der Waals surface area contributed by atoms with Crippen LogP contribution in [0.25, 0.3) is 0 Å². The van der Waals surface area contributed by atoms with Gasteiger partial charge in [0.25, 0.3) is 0 Å². The lowest BCUT2D eigenvalue weighted by Crippen LogP contribution is -2.50. The highest BCUT2D eigenvalue weighted by Gasteiger charge is 2.23. The third-order valence-corrected chi connectivity index (χ3v) is 3.96. The van der Waals surface area contributed by atoms with Crippen LogP contribution in [0.15, 0.2) is 30.3 Å². The minimum absolute atomic E-state index is 0.0443. The summed E-state index contributed by atoms with van der Waals surface area (Å²) in [4.78, 5) is 12.0. The third kappa shape index (κ3) is 6.44. The molecule has 0 aliphatic carbocycles. The smallest absolute Gasteiger partial charge is 0.237 e. The first-order chi connectivity index (χ1) is 9.44. The second-order valence-corrected chi connectivity index (χ2v) is 6.73. The first-order valence-corrected chi connectivity index (χ1v) is 8.44. The van der Waals surface area contributed by atoms with Crippen molar-refractivity contribution in [3.05, 3.63) is 35.9 Å². The van der Waals surface area contributed by atoms with Gasteiger partial charge >= 0.3 is 0 Å². The van der Waals surface area contributed by atoms with Crippen molar-refractivity contribution >= 4 is 17.7 Å². The number of thioether (sulfide) groups is 1. The molecule has 1 aromatic rings. The molecule has 0 radical (unpaired) electrons. The molecule has 0 saturated carbocycles. The number of nitrogens with two attached hydrogens (primary N) is 1. The average molecular weight is 294 g/mol. The molecule has 0 aliphatic heterocycles. The van der Waals surface area contributed by atoms with E-state index in [1.165, 1.54) is 5.56 Å². The molecule has 1 amide bonds. The van der Waals surface area contributed by atoms with Gasteiger partial charge in [-0.1, -0.05) is 30.3 Å². The summed E-state index contributed by atoms with van der Waals surface area (Å²) in [7, 11) is 0. The predicted octanol–water partition coefficient (Wildman–Crippen LogP) is 2.59. The fourth-order valence-electron chi connectivity index (χ4n) is 1.97. The lowest BCUT2D eigenvalue weighted by atomic mass is 9.94. The van der Waals surface area contributed by atoms with Crippen molar-refractivity contribution < 1.29 is 4.79 Å². The molecular weight excluding hydrogens is 268 g/mol. The number of hydrogen-bond acceptors (Lipinski definition) is 3. The Morgan fingerprint density at radius 1 is 1.35 bits per heavy atom. The van der Waals surface area contributed by atoms with E-state index in [2.05, 4.69) is 31.3 Å². The van der Waals surface area contributed by atoms with Crippen LogP contribution >= 0.6 is 11.8 Å². The van der Waals surface area contributed by atoms with Crippen LogP contribution in [0.4, 0.5) is 0 Å². The van der Waals surface area contributed by atoms with Crippen LogP contribution in [0.1, 0.15) is 32.3 Å². The van der Waals surface area contributed by atoms with Gasteiger partial charge in [-0.3, -0.25) is 4.79 Å². The maximum atomic E-state index is 12.0. The summed E-state index contributed by atoms with van der Waals surface area (Å²) in [5, 5.41) is 3.06. The summed E-state index contributed by atoms with van der Waals surface area (Å²) >= 11 is 1.71. The molecule has 3 N–H and O–H groups in total. The van der Waals surface area contributed by atoms with E-state index < -0.39 is 6.04 Å². The quantitative estimate of drug-likeness (QED) is 0.775. The van der Waals surface area contributed by atoms with Gasteiger partial charge in [-0.05, 0) is 50.7 Å². The summed E-state index contributed by atoms with van der Waals surface area (Å²) in [6.45, 7) is 4.10. The van der Waals surface area contributed by atoms with Crippen LogP contribution in [-0.2, 0) is 11.2 Å².